The maximum atomic E-state index is 13.7. The molecule has 7 atom stereocenters. The highest BCUT2D eigenvalue weighted by atomic mass is 32.2. The van der Waals surface area contributed by atoms with Crippen LogP contribution in [-0.4, -0.2) is 12.3 Å². The van der Waals surface area contributed by atoms with Crippen molar-refractivity contribution in [3.8, 4) is 0 Å². The van der Waals surface area contributed by atoms with Crippen molar-refractivity contribution in [3.63, 3.8) is 0 Å². The molecule has 0 heterocycles. The average Bonchev–Trinajstić information content (AvgIpc) is 3.73. The highest BCUT2D eigenvalue weighted by molar-refractivity contribution is 7.97. The van der Waals surface area contributed by atoms with Crippen LogP contribution in [0.25, 0.3) is 0 Å². The van der Waals surface area contributed by atoms with E-state index in [0.29, 0.717) is 30.1 Å². The summed E-state index contributed by atoms with van der Waals surface area (Å²) >= 11 is 0. The Kier molecular flexibility index (Phi) is 7.56. The van der Waals surface area contributed by atoms with Crippen molar-refractivity contribution >= 4 is 10.9 Å². The Bertz CT molecular complexity index is 1260. The summed E-state index contributed by atoms with van der Waals surface area (Å²) in [5, 5.41) is 0. The summed E-state index contributed by atoms with van der Waals surface area (Å²) in [4.78, 5) is 4.22. The first-order chi connectivity index (χ1) is 19.2. The van der Waals surface area contributed by atoms with Crippen LogP contribution in [0.1, 0.15) is 48.8 Å². The molecular weight excluding hydrogens is 528 g/mol. The van der Waals surface area contributed by atoms with E-state index in [4.69, 9.17) is 0 Å². The highest BCUT2D eigenvalue weighted by Gasteiger charge is 2.67. The zero-order chi connectivity index (χ0) is 28.2. The molecule has 3 aromatic rings. The van der Waals surface area contributed by atoms with E-state index >= 15 is 0 Å². The lowest BCUT2D eigenvalue weighted by atomic mass is 9.66. The highest BCUT2D eigenvalue weighted by Crippen LogP contribution is 2.70. The molecule has 4 saturated carbocycles. The normalized spacial score (nSPS) is 30.1. The van der Waals surface area contributed by atoms with Crippen LogP contribution in [0.5, 0.6) is 0 Å². The molecular formula is C35H39F4S+. The van der Waals surface area contributed by atoms with Crippen LogP contribution in [0.4, 0.5) is 17.6 Å². The fourth-order valence-electron chi connectivity index (χ4n) is 9.14. The molecule has 0 spiro atoms. The Morgan fingerprint density at radius 1 is 0.700 bits per heavy atom. The van der Waals surface area contributed by atoms with Gasteiger partial charge in [0.1, 0.15) is 0 Å². The molecule has 212 valence electrons. The standard InChI is InChI=1S/C21H21S.C14H18F4/c1-16-14-17(2)21(18(3)15-16)22(19-10-6-4-7-11-19)20-12-8-5-9-13-20;15-13(16)14(17,18)10-5-8-4-9(10)12-7-2-1-6(3-7)11(8)12/h4-15H,1-3H3;6-13H,1-5H2/q+1;. The van der Waals surface area contributed by atoms with Crippen LogP contribution in [0.3, 0.4) is 0 Å². The fourth-order valence-corrected chi connectivity index (χ4v) is 11.5. The minimum atomic E-state index is -3.76. The van der Waals surface area contributed by atoms with Crippen molar-refractivity contribution in [3.05, 3.63) is 89.5 Å². The van der Waals surface area contributed by atoms with Crippen LogP contribution in [0.2, 0.25) is 0 Å². The van der Waals surface area contributed by atoms with E-state index in [9.17, 15) is 17.6 Å². The Labute approximate surface area is 238 Å². The fraction of sp³-hybridized carbons (Fsp3) is 0.486. The SMILES string of the molecule is Cc1cc(C)c([S+](c2ccccc2)c2ccccc2)c(C)c1.FC(F)C(F)(F)C1CC2CC1C1C3CCC(C3)C21. The van der Waals surface area contributed by atoms with Crippen LogP contribution in [-0.2, 0) is 10.9 Å². The Balaban J connectivity index is 0.000000147. The van der Waals surface area contributed by atoms with Crippen molar-refractivity contribution in [1.82, 2.24) is 0 Å². The number of hydrogen-bond acceptors (Lipinski definition) is 0. The number of benzene rings is 3. The van der Waals surface area contributed by atoms with E-state index < -0.39 is 18.3 Å². The van der Waals surface area contributed by atoms with E-state index in [0.717, 1.165) is 18.8 Å². The summed E-state index contributed by atoms with van der Waals surface area (Å²) in [6, 6.07) is 26.3. The van der Waals surface area contributed by atoms with Gasteiger partial charge in [-0.15, -0.1) is 0 Å². The summed E-state index contributed by atoms with van der Waals surface area (Å²) in [6.07, 6.45) is 1.27. The summed E-state index contributed by atoms with van der Waals surface area (Å²) in [5.41, 5.74) is 4.10. The molecule has 0 aromatic heterocycles. The maximum Gasteiger partial charge on any atom is 0.310 e. The van der Waals surface area contributed by atoms with Gasteiger partial charge in [0.2, 0.25) is 0 Å². The van der Waals surface area contributed by atoms with Crippen molar-refractivity contribution < 1.29 is 17.6 Å². The van der Waals surface area contributed by atoms with Gasteiger partial charge in [0, 0.05) is 17.0 Å². The van der Waals surface area contributed by atoms with Crippen LogP contribution >= 0.6 is 0 Å². The average molecular weight is 568 g/mol. The smallest absolute Gasteiger partial charge is 0.204 e. The van der Waals surface area contributed by atoms with Gasteiger partial charge in [0.25, 0.3) is 0 Å². The van der Waals surface area contributed by atoms with E-state index in [1.54, 1.807) is 0 Å². The van der Waals surface area contributed by atoms with Gasteiger partial charge in [0.15, 0.2) is 14.7 Å². The minimum absolute atomic E-state index is 0.0460. The van der Waals surface area contributed by atoms with E-state index in [2.05, 4.69) is 93.6 Å². The number of fused-ring (bicyclic) bond motifs is 9. The Hall–Kier alpha value is -2.27. The van der Waals surface area contributed by atoms with Crippen LogP contribution in [0, 0.1) is 62.2 Å². The lowest BCUT2D eigenvalue weighted by Crippen LogP contribution is -2.44. The van der Waals surface area contributed by atoms with Gasteiger partial charge in [-0.3, -0.25) is 0 Å². The van der Waals surface area contributed by atoms with Gasteiger partial charge in [-0.2, -0.15) is 8.78 Å². The molecule has 0 aliphatic heterocycles. The quantitative estimate of drug-likeness (QED) is 0.164. The second-order valence-corrected chi connectivity index (χ2v) is 14.6. The van der Waals surface area contributed by atoms with Crippen molar-refractivity contribution in [2.24, 2.45) is 41.4 Å². The van der Waals surface area contributed by atoms with Crippen molar-refractivity contribution in [2.75, 3.05) is 0 Å². The summed E-state index contributed by atoms with van der Waals surface area (Å²) < 4.78 is 52.5. The molecule has 4 aliphatic carbocycles. The van der Waals surface area contributed by atoms with Crippen molar-refractivity contribution in [1.29, 1.82) is 0 Å². The molecule has 7 rings (SSSR count). The third kappa shape index (κ3) is 4.80. The third-order valence-electron chi connectivity index (χ3n) is 10.3. The molecule has 7 unspecified atom stereocenters. The molecule has 0 N–H and O–H groups in total. The van der Waals surface area contributed by atoms with Gasteiger partial charge in [-0.25, -0.2) is 8.78 Å². The topological polar surface area (TPSA) is 0 Å². The van der Waals surface area contributed by atoms with Gasteiger partial charge < -0.3 is 0 Å². The Morgan fingerprint density at radius 2 is 1.23 bits per heavy atom. The van der Waals surface area contributed by atoms with Gasteiger partial charge in [-0.05, 0) is 113 Å². The first kappa shape index (κ1) is 27.9. The zero-order valence-electron chi connectivity index (χ0n) is 23.5. The monoisotopic (exact) mass is 567 g/mol. The van der Waals surface area contributed by atoms with Gasteiger partial charge in [0.05, 0.1) is 10.9 Å². The lowest BCUT2D eigenvalue weighted by Gasteiger charge is -2.41. The second-order valence-electron chi connectivity index (χ2n) is 12.6. The maximum absolute atomic E-state index is 13.7. The first-order valence-electron chi connectivity index (χ1n) is 14.7. The van der Waals surface area contributed by atoms with E-state index in [1.165, 1.54) is 44.2 Å². The summed E-state index contributed by atoms with van der Waals surface area (Å²) in [6.45, 7) is 6.65. The minimum Gasteiger partial charge on any atom is -0.204 e. The van der Waals surface area contributed by atoms with Crippen LogP contribution in [0.15, 0.2) is 87.5 Å². The van der Waals surface area contributed by atoms with E-state index in [-0.39, 0.29) is 16.8 Å². The predicted molar refractivity (Wildman–Crippen MR) is 154 cm³/mol. The molecule has 4 aliphatic rings. The van der Waals surface area contributed by atoms with Crippen molar-refractivity contribution in [2.45, 2.75) is 79.9 Å². The summed E-state index contributed by atoms with van der Waals surface area (Å²) in [7, 11) is -0.0460. The van der Waals surface area contributed by atoms with E-state index in [1.807, 2.05) is 0 Å². The third-order valence-corrected chi connectivity index (χ3v) is 12.8. The van der Waals surface area contributed by atoms with Gasteiger partial charge in [-0.1, -0.05) is 54.1 Å². The zero-order valence-corrected chi connectivity index (χ0v) is 24.3. The number of aryl methyl sites for hydroxylation is 3. The molecule has 0 amide bonds. The molecule has 3 aromatic carbocycles. The summed E-state index contributed by atoms with van der Waals surface area (Å²) in [5.74, 6) is -2.31. The largest absolute Gasteiger partial charge is 0.310 e. The molecule has 4 fully saturated rings. The van der Waals surface area contributed by atoms with Gasteiger partial charge >= 0.3 is 12.3 Å². The number of alkyl halides is 4. The molecule has 40 heavy (non-hydrogen) atoms. The molecule has 5 heteroatoms. The second kappa shape index (κ2) is 10.9. The molecule has 4 bridgehead atoms. The molecule has 0 saturated heterocycles. The predicted octanol–water partition coefficient (Wildman–Crippen LogP) is 9.91. The van der Waals surface area contributed by atoms with Crippen LogP contribution < -0.4 is 0 Å². The Morgan fingerprint density at radius 3 is 1.75 bits per heavy atom. The molecule has 0 radical (unpaired) electrons. The first-order valence-corrected chi connectivity index (χ1v) is 16.0. The number of hydrogen-bond donors (Lipinski definition) is 0. The number of rotatable bonds is 5. The number of halogens is 4. The molecule has 0 nitrogen and oxygen atoms in total. The lowest BCUT2D eigenvalue weighted by molar-refractivity contribution is -0.185.